The molecule has 0 saturated carbocycles. The lowest BCUT2D eigenvalue weighted by molar-refractivity contribution is 0.588. The van der Waals surface area contributed by atoms with Crippen molar-refractivity contribution in [2.75, 3.05) is 6.26 Å². The van der Waals surface area contributed by atoms with E-state index < -0.39 is 9.84 Å². The maximum absolute atomic E-state index is 11.6. The van der Waals surface area contributed by atoms with Crippen LogP contribution in [0.25, 0.3) is 5.69 Å². The third kappa shape index (κ3) is 4.62. The fourth-order valence-electron chi connectivity index (χ4n) is 2.70. The van der Waals surface area contributed by atoms with Gasteiger partial charge in [-0.25, -0.2) is 8.42 Å². The Morgan fingerprint density at radius 1 is 1.07 bits per heavy atom. The van der Waals surface area contributed by atoms with Crippen molar-refractivity contribution in [3.8, 4) is 5.69 Å². The Kier molecular flexibility index (Phi) is 5.63. The van der Waals surface area contributed by atoms with Gasteiger partial charge < -0.3 is 0 Å². The van der Waals surface area contributed by atoms with Crippen LogP contribution in [0.1, 0.15) is 37.7 Å². The van der Waals surface area contributed by atoms with Crippen molar-refractivity contribution in [2.24, 2.45) is 0 Å². The summed E-state index contributed by atoms with van der Waals surface area (Å²) in [5, 5.41) is 12.0. The van der Waals surface area contributed by atoms with Crippen molar-refractivity contribution in [1.29, 1.82) is 0 Å². The van der Waals surface area contributed by atoms with Crippen LogP contribution in [0, 0.1) is 6.92 Å². The highest BCUT2D eigenvalue weighted by atomic mass is 32.2. The van der Waals surface area contributed by atoms with Crippen LogP contribution in [0.4, 0.5) is 0 Å². The summed E-state index contributed by atoms with van der Waals surface area (Å²) in [5.41, 5.74) is 3.32. The summed E-state index contributed by atoms with van der Waals surface area (Å²) < 4.78 is 24.9. The average molecular weight is 417 g/mol. The molecule has 148 valence electrons. The molecule has 3 rings (SSSR count). The molecular weight excluding hydrogens is 392 g/mol. The molecule has 0 amide bonds. The van der Waals surface area contributed by atoms with Crippen LogP contribution in [0.5, 0.6) is 0 Å². The highest BCUT2D eigenvalue weighted by Gasteiger charge is 2.16. The van der Waals surface area contributed by atoms with E-state index in [1.54, 1.807) is 40.7 Å². The molecular formula is C20H24N4O2S2. The van der Waals surface area contributed by atoms with Gasteiger partial charge in [-0.1, -0.05) is 32.9 Å². The van der Waals surface area contributed by atoms with E-state index in [1.807, 2.05) is 0 Å². The first-order chi connectivity index (χ1) is 13.1. The molecule has 0 aliphatic carbocycles. The van der Waals surface area contributed by atoms with Crippen LogP contribution in [0.15, 0.2) is 52.3 Å². The highest BCUT2D eigenvalue weighted by Crippen LogP contribution is 2.31. The fraction of sp³-hybridized carbons (Fsp3) is 0.350. The third-order valence-corrected chi connectivity index (χ3v) is 6.74. The molecule has 8 heteroatoms. The zero-order chi connectivity index (χ0) is 20.5. The lowest BCUT2D eigenvalue weighted by Gasteiger charge is -2.20. The predicted molar refractivity (Wildman–Crippen MR) is 112 cm³/mol. The van der Waals surface area contributed by atoms with Crippen LogP contribution >= 0.6 is 11.8 Å². The van der Waals surface area contributed by atoms with Gasteiger partial charge in [-0.3, -0.25) is 0 Å². The van der Waals surface area contributed by atoms with Crippen LogP contribution in [-0.4, -0.2) is 34.9 Å². The van der Waals surface area contributed by atoms with E-state index >= 15 is 0 Å². The lowest BCUT2D eigenvalue weighted by Crippen LogP contribution is -2.11. The Morgan fingerprint density at radius 2 is 1.75 bits per heavy atom. The summed E-state index contributed by atoms with van der Waals surface area (Å²) in [6, 6.07) is 13.1. The summed E-state index contributed by atoms with van der Waals surface area (Å²) >= 11 is 1.69. The first kappa shape index (κ1) is 20.5. The van der Waals surface area contributed by atoms with Gasteiger partial charge in [0.15, 0.2) is 15.7 Å². The van der Waals surface area contributed by atoms with Gasteiger partial charge in [0.05, 0.1) is 16.3 Å². The van der Waals surface area contributed by atoms with Crippen molar-refractivity contribution < 1.29 is 8.42 Å². The van der Waals surface area contributed by atoms with Crippen molar-refractivity contribution in [3.63, 3.8) is 0 Å². The number of tetrazole rings is 1. The van der Waals surface area contributed by atoms with E-state index in [9.17, 15) is 8.42 Å². The number of benzene rings is 2. The summed E-state index contributed by atoms with van der Waals surface area (Å²) in [6.07, 6.45) is 1.19. The molecule has 0 aliphatic heterocycles. The Hall–Kier alpha value is -2.19. The topological polar surface area (TPSA) is 77.7 Å². The number of nitrogens with zero attached hydrogens (tertiary/aromatic N) is 4. The molecule has 0 saturated heterocycles. The molecule has 0 fully saturated rings. The van der Waals surface area contributed by atoms with Crippen LogP contribution in [0.3, 0.4) is 0 Å². The van der Waals surface area contributed by atoms with E-state index in [-0.39, 0.29) is 10.3 Å². The molecule has 6 nitrogen and oxygen atoms in total. The Bertz CT molecular complexity index is 1080. The van der Waals surface area contributed by atoms with Crippen LogP contribution < -0.4 is 0 Å². The van der Waals surface area contributed by atoms with Crippen LogP contribution in [-0.2, 0) is 21.0 Å². The van der Waals surface area contributed by atoms with Crippen molar-refractivity contribution in [3.05, 3.63) is 59.4 Å². The van der Waals surface area contributed by atoms with E-state index in [0.29, 0.717) is 11.6 Å². The molecule has 2 aromatic carbocycles. The van der Waals surface area contributed by atoms with E-state index in [4.69, 9.17) is 0 Å². The Morgan fingerprint density at radius 3 is 2.36 bits per heavy atom. The first-order valence-corrected chi connectivity index (χ1v) is 11.7. The standard InChI is InChI=1S/C20H24N4O2S2/c1-14-6-7-15(20(2,3)4)12-18(14)27-13-19-21-22-23-24(19)16-8-10-17(11-9-16)28(5,25)26/h6-12H,13H2,1-5H3. The fourth-order valence-corrected chi connectivity index (χ4v) is 4.30. The van der Waals surface area contributed by atoms with Crippen molar-refractivity contribution in [1.82, 2.24) is 20.2 Å². The largest absolute Gasteiger partial charge is 0.224 e. The molecule has 1 aromatic heterocycles. The lowest BCUT2D eigenvalue weighted by atomic mass is 9.87. The Balaban J connectivity index is 1.82. The van der Waals surface area contributed by atoms with Gasteiger partial charge in [-0.15, -0.1) is 16.9 Å². The predicted octanol–water partition coefficient (Wildman–Crippen LogP) is 3.96. The van der Waals surface area contributed by atoms with Gasteiger partial charge in [0.1, 0.15) is 0 Å². The molecule has 0 aliphatic rings. The number of hydrogen-bond acceptors (Lipinski definition) is 6. The molecule has 0 unspecified atom stereocenters. The summed E-state index contributed by atoms with van der Waals surface area (Å²) in [6.45, 7) is 8.70. The molecule has 1 heterocycles. The second-order valence-corrected chi connectivity index (χ2v) is 10.8. The van der Waals surface area contributed by atoms with Gasteiger partial charge in [0.2, 0.25) is 0 Å². The third-order valence-electron chi connectivity index (χ3n) is 4.45. The molecule has 3 aromatic rings. The van der Waals surface area contributed by atoms with E-state index in [0.717, 1.165) is 5.69 Å². The normalized spacial score (nSPS) is 12.3. The number of hydrogen-bond donors (Lipinski definition) is 0. The van der Waals surface area contributed by atoms with Gasteiger partial charge in [-0.05, 0) is 64.2 Å². The highest BCUT2D eigenvalue weighted by molar-refractivity contribution is 7.98. The maximum Gasteiger partial charge on any atom is 0.175 e. The van der Waals surface area contributed by atoms with Crippen LogP contribution in [0.2, 0.25) is 0 Å². The second kappa shape index (κ2) is 7.67. The number of rotatable bonds is 5. The number of thioether (sulfide) groups is 1. The SMILES string of the molecule is Cc1ccc(C(C)(C)C)cc1SCc1nnnn1-c1ccc(S(C)(=O)=O)cc1. The number of sulfone groups is 1. The van der Waals surface area contributed by atoms with Gasteiger partial charge in [0, 0.05) is 11.2 Å². The summed E-state index contributed by atoms with van der Waals surface area (Å²) in [5.74, 6) is 1.31. The molecule has 0 N–H and O–H groups in total. The molecule has 28 heavy (non-hydrogen) atoms. The van der Waals surface area contributed by atoms with Gasteiger partial charge in [-0.2, -0.15) is 4.68 Å². The first-order valence-electron chi connectivity index (χ1n) is 8.87. The minimum atomic E-state index is -3.23. The Labute approximate surface area is 170 Å². The molecule has 0 bridgehead atoms. The molecule has 0 spiro atoms. The smallest absolute Gasteiger partial charge is 0.175 e. The van der Waals surface area contributed by atoms with Crippen molar-refractivity contribution >= 4 is 21.6 Å². The minimum Gasteiger partial charge on any atom is -0.224 e. The summed E-state index contributed by atoms with van der Waals surface area (Å²) in [4.78, 5) is 1.48. The molecule has 0 atom stereocenters. The zero-order valence-corrected chi connectivity index (χ0v) is 18.3. The number of aryl methyl sites for hydroxylation is 1. The van der Waals surface area contributed by atoms with Crippen molar-refractivity contribution in [2.45, 2.75) is 48.7 Å². The maximum atomic E-state index is 11.6. The van der Waals surface area contributed by atoms with E-state index in [1.165, 1.54) is 22.3 Å². The monoisotopic (exact) mass is 416 g/mol. The van der Waals surface area contributed by atoms with Gasteiger partial charge >= 0.3 is 0 Å². The second-order valence-electron chi connectivity index (χ2n) is 7.79. The quantitative estimate of drug-likeness (QED) is 0.586. The zero-order valence-electron chi connectivity index (χ0n) is 16.7. The minimum absolute atomic E-state index is 0.0892. The van der Waals surface area contributed by atoms with E-state index in [2.05, 4.69) is 61.4 Å². The average Bonchev–Trinajstić information content (AvgIpc) is 3.08. The molecule has 0 radical (unpaired) electrons. The van der Waals surface area contributed by atoms with Gasteiger partial charge in [0.25, 0.3) is 0 Å². The number of aromatic nitrogens is 4. The summed E-state index contributed by atoms with van der Waals surface area (Å²) in [7, 11) is -3.23.